The molecule has 4 rings (SSSR count). The highest BCUT2D eigenvalue weighted by molar-refractivity contribution is 6.08. The van der Waals surface area contributed by atoms with Crippen molar-refractivity contribution in [1.82, 2.24) is 20.2 Å². The Balaban J connectivity index is 1.59. The molecule has 0 radical (unpaired) electrons. The maximum Gasteiger partial charge on any atom is 0.417 e. The second-order valence-corrected chi connectivity index (χ2v) is 10.4. The van der Waals surface area contributed by atoms with Crippen LogP contribution in [0.15, 0.2) is 5.10 Å². The molecule has 0 bridgehead atoms. The molecule has 3 amide bonds. The molecule has 0 saturated heterocycles. The normalized spacial score (nSPS) is 22.2. The standard InChI is InChI=1S/C27H39FN6O5/c1-4-6-12-38-26(36)31-20-11-9-8-10-19(20)30-24-22(28)18-16-34(27(37)39-13-7-5-2)25(35)21(18)23(32-24)17-14-29-33(3)15-17/h14,17,19-20H,4-13,15-16H2,1-3H3,(H,30,32)(H,31,36)/t17?,19-,20+/m1/s1. The molecule has 11 nitrogen and oxygen atoms in total. The van der Waals surface area contributed by atoms with Crippen molar-refractivity contribution in [3.63, 3.8) is 0 Å². The fourth-order valence-corrected chi connectivity index (χ4v) is 5.16. The quantitative estimate of drug-likeness (QED) is 0.414. The molecule has 3 atom stereocenters. The fraction of sp³-hybridized carbons (Fsp3) is 0.667. The van der Waals surface area contributed by atoms with Crippen molar-refractivity contribution in [2.24, 2.45) is 5.10 Å². The number of ether oxygens (including phenoxy) is 2. The van der Waals surface area contributed by atoms with Gasteiger partial charge in [-0.3, -0.25) is 9.80 Å². The van der Waals surface area contributed by atoms with Crippen molar-refractivity contribution in [2.45, 2.75) is 89.8 Å². The zero-order chi connectivity index (χ0) is 27.9. The molecule has 3 aliphatic rings. The Morgan fingerprint density at radius 3 is 2.46 bits per heavy atom. The van der Waals surface area contributed by atoms with E-state index in [-0.39, 0.29) is 48.1 Å². The predicted molar refractivity (Wildman–Crippen MR) is 143 cm³/mol. The van der Waals surface area contributed by atoms with Gasteiger partial charge in [-0.25, -0.2) is 23.9 Å². The van der Waals surface area contributed by atoms with E-state index in [1.807, 2.05) is 13.8 Å². The van der Waals surface area contributed by atoms with Crippen LogP contribution in [0.1, 0.15) is 92.7 Å². The number of anilines is 1. The van der Waals surface area contributed by atoms with Gasteiger partial charge in [0, 0.05) is 31.4 Å². The first-order valence-corrected chi connectivity index (χ1v) is 14.0. The molecule has 1 unspecified atom stereocenters. The molecule has 3 heterocycles. The average Bonchev–Trinajstić information content (AvgIpc) is 3.50. The van der Waals surface area contributed by atoms with E-state index in [4.69, 9.17) is 9.47 Å². The van der Waals surface area contributed by atoms with Gasteiger partial charge in [0.05, 0.1) is 43.0 Å². The molecular formula is C27H39FN6O5. The molecule has 39 heavy (non-hydrogen) atoms. The van der Waals surface area contributed by atoms with E-state index in [1.54, 1.807) is 18.3 Å². The van der Waals surface area contributed by atoms with Gasteiger partial charge in [0.25, 0.3) is 5.91 Å². The van der Waals surface area contributed by atoms with Gasteiger partial charge in [0.2, 0.25) is 0 Å². The van der Waals surface area contributed by atoms with Crippen LogP contribution in [0.3, 0.4) is 0 Å². The van der Waals surface area contributed by atoms with Crippen molar-refractivity contribution in [3.8, 4) is 0 Å². The SMILES string of the molecule is CCCCOC(=O)N[C@H]1CCCC[C@H]1Nc1nc(C2C=NN(C)C2)c2c(c1F)CN(C(=O)OCCCC)C2=O. The number of likely N-dealkylation sites (N-methyl/N-ethyl adjacent to an activating group) is 1. The van der Waals surface area contributed by atoms with E-state index in [0.717, 1.165) is 43.4 Å². The minimum atomic E-state index is -0.792. The number of fused-ring (bicyclic) bond motifs is 1. The van der Waals surface area contributed by atoms with Crippen LogP contribution in [0.2, 0.25) is 0 Å². The number of alkyl carbamates (subject to hydrolysis) is 1. The van der Waals surface area contributed by atoms with Gasteiger partial charge in [-0.1, -0.05) is 39.5 Å². The predicted octanol–water partition coefficient (Wildman–Crippen LogP) is 4.38. The van der Waals surface area contributed by atoms with Crippen LogP contribution in [0, 0.1) is 5.82 Å². The number of hydrazone groups is 1. The Morgan fingerprint density at radius 1 is 1.10 bits per heavy atom. The highest BCUT2D eigenvalue weighted by Gasteiger charge is 2.41. The summed E-state index contributed by atoms with van der Waals surface area (Å²) >= 11 is 0. The van der Waals surface area contributed by atoms with E-state index >= 15 is 4.39 Å². The molecule has 214 valence electrons. The number of pyridine rings is 1. The van der Waals surface area contributed by atoms with Crippen LogP contribution in [0.4, 0.5) is 19.8 Å². The third-order valence-electron chi connectivity index (χ3n) is 7.36. The maximum absolute atomic E-state index is 16.0. The number of hydrogen-bond acceptors (Lipinski definition) is 9. The van der Waals surface area contributed by atoms with Crippen LogP contribution in [0.25, 0.3) is 0 Å². The number of hydrogen-bond donors (Lipinski definition) is 2. The number of nitrogens with one attached hydrogen (secondary N) is 2. The van der Waals surface area contributed by atoms with E-state index in [9.17, 15) is 14.4 Å². The van der Waals surface area contributed by atoms with Crippen LogP contribution in [-0.4, -0.2) is 78.1 Å². The summed E-state index contributed by atoms with van der Waals surface area (Å²) in [4.78, 5) is 43.9. The Hall–Kier alpha value is -3.44. The number of unbranched alkanes of at least 4 members (excludes halogenated alkanes) is 2. The van der Waals surface area contributed by atoms with E-state index < -0.39 is 23.9 Å². The molecule has 2 aliphatic heterocycles. The molecule has 1 aliphatic carbocycles. The van der Waals surface area contributed by atoms with E-state index in [0.29, 0.717) is 31.7 Å². The van der Waals surface area contributed by atoms with Gasteiger partial charge >= 0.3 is 12.2 Å². The minimum Gasteiger partial charge on any atom is -0.450 e. The summed E-state index contributed by atoms with van der Waals surface area (Å²) in [5, 5.41) is 12.1. The maximum atomic E-state index is 16.0. The minimum absolute atomic E-state index is 0.00115. The number of halogens is 1. The zero-order valence-electron chi connectivity index (χ0n) is 23.0. The average molecular weight is 547 g/mol. The van der Waals surface area contributed by atoms with E-state index in [1.165, 1.54) is 0 Å². The van der Waals surface area contributed by atoms with Gasteiger partial charge < -0.3 is 20.1 Å². The number of rotatable bonds is 10. The molecule has 1 saturated carbocycles. The Bertz CT molecular complexity index is 1100. The molecule has 1 aromatic heterocycles. The number of carbonyl (C=O) groups is 3. The zero-order valence-corrected chi connectivity index (χ0v) is 23.0. The van der Waals surface area contributed by atoms with Crippen LogP contribution >= 0.6 is 0 Å². The number of imide groups is 1. The molecule has 12 heteroatoms. The lowest BCUT2D eigenvalue weighted by molar-refractivity contribution is 0.0677. The van der Waals surface area contributed by atoms with Gasteiger partial charge in [-0.15, -0.1) is 0 Å². The Labute approximate surface area is 228 Å². The molecule has 0 aromatic carbocycles. The van der Waals surface area contributed by atoms with Gasteiger partial charge in [-0.05, 0) is 25.7 Å². The second kappa shape index (κ2) is 13.1. The largest absolute Gasteiger partial charge is 0.450 e. The first kappa shape index (κ1) is 28.6. The number of amides is 3. The lowest BCUT2D eigenvalue weighted by atomic mass is 9.90. The van der Waals surface area contributed by atoms with E-state index in [2.05, 4.69) is 20.7 Å². The topological polar surface area (TPSA) is 125 Å². The van der Waals surface area contributed by atoms with Crippen LogP contribution < -0.4 is 10.6 Å². The first-order valence-electron chi connectivity index (χ1n) is 14.0. The van der Waals surface area contributed by atoms with Crippen molar-refractivity contribution in [1.29, 1.82) is 0 Å². The van der Waals surface area contributed by atoms with Crippen molar-refractivity contribution in [2.75, 3.05) is 32.1 Å². The Morgan fingerprint density at radius 2 is 1.79 bits per heavy atom. The molecule has 1 fully saturated rings. The summed E-state index contributed by atoms with van der Waals surface area (Å²) in [6.07, 6.45) is 6.87. The molecule has 1 aromatic rings. The summed E-state index contributed by atoms with van der Waals surface area (Å²) in [6, 6.07) is -0.547. The summed E-state index contributed by atoms with van der Waals surface area (Å²) in [5.74, 6) is -1.64. The number of aromatic nitrogens is 1. The summed E-state index contributed by atoms with van der Waals surface area (Å²) in [6.45, 7) is 4.76. The summed E-state index contributed by atoms with van der Waals surface area (Å²) < 4.78 is 26.5. The van der Waals surface area contributed by atoms with Crippen LogP contribution in [-0.2, 0) is 16.0 Å². The fourth-order valence-electron chi connectivity index (χ4n) is 5.16. The third-order valence-corrected chi connectivity index (χ3v) is 7.36. The van der Waals surface area contributed by atoms with Crippen molar-refractivity contribution >= 4 is 30.1 Å². The lowest BCUT2D eigenvalue weighted by Gasteiger charge is -2.33. The van der Waals surface area contributed by atoms with Gasteiger partial charge in [0.15, 0.2) is 11.6 Å². The lowest BCUT2D eigenvalue weighted by Crippen LogP contribution is -2.49. The van der Waals surface area contributed by atoms with Gasteiger partial charge in [-0.2, -0.15) is 5.10 Å². The summed E-state index contributed by atoms with van der Waals surface area (Å²) in [5.41, 5.74) is 0.576. The highest BCUT2D eigenvalue weighted by Crippen LogP contribution is 2.36. The highest BCUT2D eigenvalue weighted by atomic mass is 19.1. The van der Waals surface area contributed by atoms with Crippen molar-refractivity contribution in [3.05, 3.63) is 22.6 Å². The Kier molecular flexibility index (Phi) is 9.58. The smallest absolute Gasteiger partial charge is 0.417 e. The second-order valence-electron chi connectivity index (χ2n) is 10.4. The van der Waals surface area contributed by atoms with Crippen LogP contribution in [0.5, 0.6) is 0 Å². The monoisotopic (exact) mass is 546 g/mol. The third kappa shape index (κ3) is 6.59. The summed E-state index contributed by atoms with van der Waals surface area (Å²) in [7, 11) is 1.80. The van der Waals surface area contributed by atoms with Crippen molar-refractivity contribution < 1.29 is 28.2 Å². The molecular weight excluding hydrogens is 507 g/mol. The van der Waals surface area contributed by atoms with Gasteiger partial charge in [0.1, 0.15) is 0 Å². The number of carbonyl (C=O) groups excluding carboxylic acids is 3. The molecule has 2 N–H and O–H groups in total. The first-order chi connectivity index (χ1) is 18.8. The number of nitrogens with zero attached hydrogens (tertiary/aromatic N) is 4. The molecule has 0 spiro atoms.